The average molecular weight is 433 g/mol. The van der Waals surface area contributed by atoms with E-state index in [4.69, 9.17) is 21.7 Å². The lowest BCUT2D eigenvalue weighted by Gasteiger charge is -2.34. The van der Waals surface area contributed by atoms with Crippen LogP contribution < -0.4 is 10.1 Å². The minimum atomic E-state index is -0.559. The summed E-state index contributed by atoms with van der Waals surface area (Å²) in [6.07, 6.45) is 0.289. The summed E-state index contributed by atoms with van der Waals surface area (Å²) >= 11 is 6.99. The van der Waals surface area contributed by atoms with Crippen LogP contribution in [0.1, 0.15) is 57.5 Å². The average Bonchev–Trinajstić information content (AvgIpc) is 3.14. The van der Waals surface area contributed by atoms with Crippen LogP contribution in [0.4, 0.5) is 10.5 Å². The van der Waals surface area contributed by atoms with Crippen LogP contribution in [0.2, 0.25) is 0 Å². The Bertz CT molecular complexity index is 875. The highest BCUT2D eigenvalue weighted by molar-refractivity contribution is 7.80. The number of nitrogens with zero attached hydrogens (tertiary/aromatic N) is 1. The smallest absolute Gasteiger partial charge is 0.411 e. The van der Waals surface area contributed by atoms with E-state index in [2.05, 4.69) is 12.2 Å². The third-order valence-corrected chi connectivity index (χ3v) is 5.91. The maximum absolute atomic E-state index is 13.1. The number of nitrogens with one attached hydrogen (secondary N) is 1. The molecule has 0 saturated heterocycles. The molecule has 2 atom stereocenters. The van der Waals surface area contributed by atoms with Crippen molar-refractivity contribution in [1.82, 2.24) is 4.90 Å². The van der Waals surface area contributed by atoms with E-state index in [1.54, 1.807) is 11.3 Å². The second-order valence-electron chi connectivity index (χ2n) is 8.12. The molecule has 156 valence electrons. The summed E-state index contributed by atoms with van der Waals surface area (Å²) in [6.45, 7) is 10.2. The van der Waals surface area contributed by atoms with E-state index < -0.39 is 5.60 Å². The predicted molar refractivity (Wildman–Crippen MR) is 122 cm³/mol. The zero-order valence-corrected chi connectivity index (χ0v) is 19.2. The highest BCUT2D eigenvalue weighted by Gasteiger charge is 2.30. The summed E-state index contributed by atoms with van der Waals surface area (Å²) < 4.78 is 11.6. The Morgan fingerprint density at radius 3 is 2.76 bits per heavy atom. The van der Waals surface area contributed by atoms with Crippen LogP contribution >= 0.6 is 23.6 Å². The summed E-state index contributed by atoms with van der Waals surface area (Å²) in [4.78, 5) is 16.7. The number of hydrogen-bond donors (Lipinski definition) is 1. The van der Waals surface area contributed by atoms with E-state index in [-0.39, 0.29) is 18.2 Å². The molecule has 0 radical (unpaired) electrons. The summed E-state index contributed by atoms with van der Waals surface area (Å²) in [5, 5.41) is 5.27. The minimum absolute atomic E-state index is 0.132. The molecule has 3 rings (SSSR count). The van der Waals surface area contributed by atoms with Gasteiger partial charge in [0.05, 0.1) is 18.3 Å². The Morgan fingerprint density at radius 1 is 1.38 bits per heavy atom. The van der Waals surface area contributed by atoms with E-state index >= 15 is 0 Å². The van der Waals surface area contributed by atoms with Crippen molar-refractivity contribution in [3.8, 4) is 5.75 Å². The highest BCUT2D eigenvalue weighted by Crippen LogP contribution is 2.36. The van der Waals surface area contributed by atoms with Crippen LogP contribution in [0.15, 0.2) is 35.7 Å². The molecule has 0 saturated carbocycles. The lowest BCUT2D eigenvalue weighted by Crippen LogP contribution is -2.39. The molecule has 0 spiro atoms. The first kappa shape index (κ1) is 21.6. The van der Waals surface area contributed by atoms with Gasteiger partial charge in [0.25, 0.3) is 0 Å². The van der Waals surface area contributed by atoms with Gasteiger partial charge in [-0.15, -0.1) is 11.3 Å². The molecule has 1 amide bonds. The number of carbonyl (C=O) groups excluding carboxylic acids is 1. The van der Waals surface area contributed by atoms with Crippen molar-refractivity contribution in [2.24, 2.45) is 0 Å². The first-order chi connectivity index (χ1) is 13.7. The third-order valence-electron chi connectivity index (χ3n) is 4.62. The molecule has 2 aromatic rings. The first-order valence-corrected chi connectivity index (χ1v) is 11.1. The van der Waals surface area contributed by atoms with Gasteiger partial charge < -0.3 is 14.8 Å². The van der Waals surface area contributed by atoms with E-state index in [1.165, 1.54) is 0 Å². The Balaban J connectivity index is 1.93. The van der Waals surface area contributed by atoms with Crippen LogP contribution in [0.5, 0.6) is 5.75 Å². The number of hydrogen-bond acceptors (Lipinski definition) is 5. The largest absolute Gasteiger partial charge is 0.481 e. The SMILES string of the molecule is CCC(c1ccc2c(c1)NC(=S)C(C)O2)N(Cc1cccs1)C(=O)OC(C)(C)C. The summed E-state index contributed by atoms with van der Waals surface area (Å²) in [5.41, 5.74) is 1.29. The molecule has 7 heteroatoms. The van der Waals surface area contributed by atoms with Crippen LogP contribution in [0.3, 0.4) is 0 Å². The number of amides is 1. The maximum Gasteiger partial charge on any atom is 0.411 e. The lowest BCUT2D eigenvalue weighted by molar-refractivity contribution is 0.0133. The second-order valence-corrected chi connectivity index (χ2v) is 9.59. The first-order valence-electron chi connectivity index (χ1n) is 9.81. The molecular formula is C22H28N2O3S2. The van der Waals surface area contributed by atoms with Crippen molar-refractivity contribution in [2.75, 3.05) is 5.32 Å². The van der Waals surface area contributed by atoms with Crippen molar-refractivity contribution in [3.05, 3.63) is 46.2 Å². The molecule has 1 aliphatic rings. The van der Waals surface area contributed by atoms with Gasteiger partial charge in [0.1, 0.15) is 22.4 Å². The van der Waals surface area contributed by atoms with Gasteiger partial charge in [0.2, 0.25) is 0 Å². The number of thiophene rings is 1. The van der Waals surface area contributed by atoms with Gasteiger partial charge in [0, 0.05) is 4.88 Å². The monoisotopic (exact) mass is 432 g/mol. The fourth-order valence-corrected chi connectivity index (χ4v) is 4.12. The molecule has 1 aliphatic heterocycles. The fraction of sp³-hybridized carbons (Fsp3) is 0.455. The number of fused-ring (bicyclic) bond motifs is 1. The molecule has 1 N–H and O–H groups in total. The second kappa shape index (κ2) is 8.71. The molecule has 0 bridgehead atoms. The van der Waals surface area contributed by atoms with Crippen LogP contribution in [-0.2, 0) is 11.3 Å². The Hall–Kier alpha value is -2.12. The zero-order chi connectivity index (χ0) is 21.2. The van der Waals surface area contributed by atoms with Crippen LogP contribution in [-0.4, -0.2) is 27.7 Å². The van der Waals surface area contributed by atoms with Gasteiger partial charge in [-0.2, -0.15) is 0 Å². The van der Waals surface area contributed by atoms with Crippen LogP contribution in [0.25, 0.3) is 0 Å². The number of thiocarbonyl (C=S) groups is 1. The van der Waals surface area contributed by atoms with E-state index in [9.17, 15) is 4.79 Å². The molecular weight excluding hydrogens is 404 g/mol. The summed E-state index contributed by atoms with van der Waals surface area (Å²) in [7, 11) is 0. The molecule has 0 aliphatic carbocycles. The van der Waals surface area contributed by atoms with Crippen molar-refractivity contribution in [1.29, 1.82) is 0 Å². The van der Waals surface area contributed by atoms with Crippen LogP contribution in [0, 0.1) is 0 Å². The standard InChI is InChI=1S/C22H28N2O3S2/c1-6-18(15-9-10-19-17(12-15)23-20(28)14(2)26-19)24(13-16-8-7-11-29-16)21(25)27-22(3,4)5/h7-12,14,18H,6,13H2,1-5H3,(H,23,28). The number of anilines is 1. The fourth-order valence-electron chi connectivity index (χ4n) is 3.26. The number of benzene rings is 1. The zero-order valence-electron chi connectivity index (χ0n) is 17.5. The van der Waals surface area contributed by atoms with E-state index in [1.807, 2.05) is 68.3 Å². The van der Waals surface area contributed by atoms with Crippen molar-refractivity contribution in [3.63, 3.8) is 0 Å². The molecule has 29 heavy (non-hydrogen) atoms. The third kappa shape index (κ3) is 5.28. The number of carbonyl (C=O) groups is 1. The summed E-state index contributed by atoms with van der Waals surface area (Å²) in [6, 6.07) is 9.88. The topological polar surface area (TPSA) is 50.8 Å². The molecule has 0 fully saturated rings. The normalized spacial score (nSPS) is 17.0. The number of ether oxygens (including phenoxy) is 2. The Morgan fingerprint density at radius 2 is 2.14 bits per heavy atom. The van der Waals surface area contributed by atoms with Gasteiger partial charge in [-0.3, -0.25) is 4.90 Å². The van der Waals surface area contributed by atoms with Crippen molar-refractivity contribution < 1.29 is 14.3 Å². The summed E-state index contributed by atoms with van der Waals surface area (Å²) in [5.74, 6) is 0.770. The Kier molecular flexibility index (Phi) is 6.49. The quantitative estimate of drug-likeness (QED) is 0.574. The predicted octanol–water partition coefficient (Wildman–Crippen LogP) is 6.16. The molecule has 1 aromatic carbocycles. The molecule has 1 aromatic heterocycles. The van der Waals surface area contributed by atoms with E-state index in [0.717, 1.165) is 28.3 Å². The van der Waals surface area contributed by atoms with Crippen molar-refractivity contribution in [2.45, 2.75) is 65.3 Å². The minimum Gasteiger partial charge on any atom is -0.481 e. The highest BCUT2D eigenvalue weighted by atomic mass is 32.1. The van der Waals surface area contributed by atoms with Gasteiger partial charge in [0.15, 0.2) is 0 Å². The molecule has 5 nitrogen and oxygen atoms in total. The van der Waals surface area contributed by atoms with Crippen molar-refractivity contribution >= 4 is 40.3 Å². The Labute approximate surface area is 182 Å². The molecule has 2 unspecified atom stereocenters. The van der Waals surface area contributed by atoms with Gasteiger partial charge in [-0.05, 0) is 63.3 Å². The van der Waals surface area contributed by atoms with Gasteiger partial charge in [-0.1, -0.05) is 31.3 Å². The lowest BCUT2D eigenvalue weighted by atomic mass is 10.0. The van der Waals surface area contributed by atoms with Gasteiger partial charge >= 0.3 is 6.09 Å². The van der Waals surface area contributed by atoms with Gasteiger partial charge in [-0.25, -0.2) is 4.79 Å². The molecule has 2 heterocycles. The van der Waals surface area contributed by atoms with E-state index in [0.29, 0.717) is 11.5 Å². The number of rotatable bonds is 5. The maximum atomic E-state index is 13.1.